The molecule has 0 atom stereocenters. The molecule has 1 saturated heterocycles. The molecule has 2 heterocycles. The minimum atomic E-state index is -1.32. The predicted molar refractivity (Wildman–Crippen MR) is 203 cm³/mol. The van der Waals surface area contributed by atoms with E-state index >= 15 is 0 Å². The first-order chi connectivity index (χ1) is 25.7. The number of piperidine rings is 1. The number of hydrogen-bond donors (Lipinski definition) is 3. The summed E-state index contributed by atoms with van der Waals surface area (Å²) in [5, 5.41) is 37.7. The summed E-state index contributed by atoms with van der Waals surface area (Å²) in [5.41, 5.74) is 6.34. The highest BCUT2D eigenvalue weighted by molar-refractivity contribution is 6.36. The Kier molecular flexibility index (Phi) is 14.2. The summed E-state index contributed by atoms with van der Waals surface area (Å²) in [6.07, 6.45) is 6.07. The summed E-state index contributed by atoms with van der Waals surface area (Å²) in [4.78, 5) is 22.0. The average Bonchev–Trinajstić information content (AvgIpc) is 3.17. The number of carboxylic acids is 1. The Labute approximate surface area is 315 Å². The second-order valence-corrected chi connectivity index (χ2v) is 13.5. The maximum Gasteiger partial charge on any atom is 0.352 e. The fraction of sp³-hybridized carbons (Fsp3) is 0.366. The minimum absolute atomic E-state index is 0.0691. The Hall–Kier alpha value is -4.99. The number of aliphatic hydroxyl groups excluding tert-OH is 2. The highest BCUT2D eigenvalue weighted by Crippen LogP contribution is 2.36. The van der Waals surface area contributed by atoms with Crippen molar-refractivity contribution in [2.45, 2.75) is 52.9 Å². The van der Waals surface area contributed by atoms with Gasteiger partial charge in [-0.05, 0) is 98.1 Å². The quantitative estimate of drug-likeness (QED) is 0.0802. The van der Waals surface area contributed by atoms with E-state index in [0.717, 1.165) is 72.5 Å². The van der Waals surface area contributed by atoms with Crippen molar-refractivity contribution < 1.29 is 34.3 Å². The van der Waals surface area contributed by atoms with Crippen LogP contribution in [0.4, 0.5) is 0 Å². The van der Waals surface area contributed by atoms with Gasteiger partial charge in [0.2, 0.25) is 0 Å². The van der Waals surface area contributed by atoms with E-state index < -0.39 is 18.3 Å². The molecule has 5 rings (SSSR count). The average molecular weight is 741 g/mol. The second kappa shape index (κ2) is 19.2. The number of nitriles is 1. The molecule has 53 heavy (non-hydrogen) atoms. The summed E-state index contributed by atoms with van der Waals surface area (Å²) >= 11 is 6.68. The Morgan fingerprint density at radius 3 is 2.40 bits per heavy atom. The molecule has 4 aromatic rings. The second-order valence-electron chi connectivity index (χ2n) is 13.1. The number of aliphatic hydroxyl groups is 2. The van der Waals surface area contributed by atoms with E-state index in [0.29, 0.717) is 40.7 Å². The molecular weight excluding hydrogens is 696 g/mol. The van der Waals surface area contributed by atoms with Crippen molar-refractivity contribution in [1.82, 2.24) is 9.88 Å². The maximum absolute atomic E-state index is 11.4. The molecule has 0 saturated carbocycles. The molecule has 3 N–H and O–H groups in total. The molecule has 0 amide bonds. The molecular formula is C41H45ClN4O7. The van der Waals surface area contributed by atoms with Crippen LogP contribution in [0.15, 0.2) is 72.0 Å². The molecule has 0 spiro atoms. The lowest BCUT2D eigenvalue weighted by molar-refractivity contribution is -0.129. The fourth-order valence-electron chi connectivity index (χ4n) is 6.31. The summed E-state index contributed by atoms with van der Waals surface area (Å²) in [7, 11) is 0. The van der Waals surface area contributed by atoms with Gasteiger partial charge in [0, 0.05) is 42.7 Å². The van der Waals surface area contributed by atoms with Gasteiger partial charge < -0.3 is 34.4 Å². The van der Waals surface area contributed by atoms with E-state index in [4.69, 9.17) is 25.8 Å². The normalized spacial score (nSPS) is 13.8. The zero-order valence-corrected chi connectivity index (χ0v) is 30.8. The summed E-state index contributed by atoms with van der Waals surface area (Å²) in [6.45, 7) is 7.52. The topological polar surface area (TPSA) is 158 Å². The summed E-state index contributed by atoms with van der Waals surface area (Å²) in [6, 6.07) is 19.2. The summed E-state index contributed by atoms with van der Waals surface area (Å²) in [5.74, 6) is 0.671. The standard InChI is InChI=1S/C41H45ClN4O7/c1-27-32(6-3-7-34(27)35-8-4-9-38(28(35)2)51-15-5-12-46-13-10-29(23-47)11-14-46)26-53-40-18-39(52-25-31-16-30(19-43)20-44-21-31)33(17-36(40)42)22-45-37(24-48)41(49)50/h3-4,6-9,16-18,20-21,29,47-48H,5,10-15,22-26H2,1-2H3,(H,49,50). The Bertz CT molecular complexity index is 1950. The van der Waals surface area contributed by atoms with Gasteiger partial charge in [0.25, 0.3) is 0 Å². The van der Waals surface area contributed by atoms with Gasteiger partial charge in [0.15, 0.2) is 0 Å². The molecule has 1 aliphatic heterocycles. The van der Waals surface area contributed by atoms with E-state index in [9.17, 15) is 25.4 Å². The zero-order chi connectivity index (χ0) is 37.7. The predicted octanol–water partition coefficient (Wildman–Crippen LogP) is 6.54. The first-order valence-electron chi connectivity index (χ1n) is 17.6. The number of ether oxygens (including phenoxy) is 3. The molecule has 0 unspecified atom stereocenters. The van der Waals surface area contributed by atoms with Crippen molar-refractivity contribution in [1.29, 1.82) is 5.26 Å². The molecule has 11 nitrogen and oxygen atoms in total. The van der Waals surface area contributed by atoms with Crippen LogP contribution in [0.2, 0.25) is 5.02 Å². The number of carbonyl (C=O) groups is 1. The fourth-order valence-corrected chi connectivity index (χ4v) is 6.55. The van der Waals surface area contributed by atoms with Crippen LogP contribution in [0, 0.1) is 31.1 Å². The Balaban J connectivity index is 1.29. The molecule has 0 bridgehead atoms. The van der Waals surface area contributed by atoms with E-state index in [2.05, 4.69) is 46.9 Å². The highest BCUT2D eigenvalue weighted by atomic mass is 35.5. The number of hydrogen-bond acceptors (Lipinski definition) is 10. The number of halogens is 1. The van der Waals surface area contributed by atoms with Crippen molar-refractivity contribution in [3.05, 3.63) is 105 Å². The third-order valence-corrected chi connectivity index (χ3v) is 9.81. The van der Waals surface area contributed by atoms with Crippen LogP contribution >= 0.6 is 11.6 Å². The van der Waals surface area contributed by atoms with Crippen molar-refractivity contribution in [2.24, 2.45) is 10.9 Å². The molecule has 0 aliphatic carbocycles. The lowest BCUT2D eigenvalue weighted by Crippen LogP contribution is -2.35. The van der Waals surface area contributed by atoms with Gasteiger partial charge in [-0.25, -0.2) is 4.79 Å². The van der Waals surface area contributed by atoms with Crippen LogP contribution in [0.1, 0.15) is 52.6 Å². The van der Waals surface area contributed by atoms with Crippen molar-refractivity contribution in [3.63, 3.8) is 0 Å². The number of aliphatic carboxylic acids is 1. The number of rotatable bonds is 17. The molecule has 278 valence electrons. The van der Waals surface area contributed by atoms with Crippen LogP contribution in [0.5, 0.6) is 17.2 Å². The zero-order valence-electron chi connectivity index (χ0n) is 30.1. The largest absolute Gasteiger partial charge is 0.493 e. The number of benzene rings is 3. The van der Waals surface area contributed by atoms with E-state index in [1.807, 2.05) is 24.3 Å². The number of aromatic nitrogens is 1. The van der Waals surface area contributed by atoms with Crippen molar-refractivity contribution >= 4 is 23.3 Å². The van der Waals surface area contributed by atoms with Crippen molar-refractivity contribution in [3.8, 4) is 34.4 Å². The number of carboxylic acid groups (broad SMARTS) is 1. The van der Waals surface area contributed by atoms with Gasteiger partial charge in [-0.3, -0.25) is 9.98 Å². The monoisotopic (exact) mass is 740 g/mol. The number of aliphatic imine (C=N–C) groups is 1. The van der Waals surface area contributed by atoms with Crippen LogP contribution in [0.3, 0.4) is 0 Å². The van der Waals surface area contributed by atoms with Gasteiger partial charge in [-0.15, -0.1) is 0 Å². The van der Waals surface area contributed by atoms with Crippen LogP contribution in [0.25, 0.3) is 11.1 Å². The number of likely N-dealkylation sites (tertiary alicyclic amines) is 1. The molecule has 1 aromatic heterocycles. The maximum atomic E-state index is 11.4. The highest BCUT2D eigenvalue weighted by Gasteiger charge is 2.19. The number of nitrogens with zero attached hydrogens (tertiary/aromatic N) is 4. The molecule has 1 fully saturated rings. The van der Waals surface area contributed by atoms with Crippen LogP contribution in [-0.2, 0) is 24.6 Å². The lowest BCUT2D eigenvalue weighted by Gasteiger charge is -2.30. The Morgan fingerprint density at radius 1 is 0.943 bits per heavy atom. The molecule has 1 aliphatic rings. The van der Waals surface area contributed by atoms with Gasteiger partial charge >= 0.3 is 5.97 Å². The van der Waals surface area contributed by atoms with E-state index in [1.54, 1.807) is 24.4 Å². The lowest BCUT2D eigenvalue weighted by atomic mass is 9.93. The summed E-state index contributed by atoms with van der Waals surface area (Å²) < 4.78 is 18.6. The van der Waals surface area contributed by atoms with Gasteiger partial charge in [0.1, 0.15) is 42.2 Å². The smallest absolute Gasteiger partial charge is 0.352 e. The third-order valence-electron chi connectivity index (χ3n) is 9.52. The molecule has 3 aromatic carbocycles. The van der Waals surface area contributed by atoms with Crippen LogP contribution < -0.4 is 14.2 Å². The van der Waals surface area contributed by atoms with Gasteiger partial charge in [-0.2, -0.15) is 5.26 Å². The van der Waals surface area contributed by atoms with E-state index in [1.165, 1.54) is 6.20 Å². The van der Waals surface area contributed by atoms with Gasteiger partial charge in [-0.1, -0.05) is 41.9 Å². The number of pyridine rings is 1. The first kappa shape index (κ1) is 39.2. The van der Waals surface area contributed by atoms with Crippen LogP contribution in [-0.4, -0.2) is 76.3 Å². The van der Waals surface area contributed by atoms with E-state index in [-0.39, 0.29) is 31.4 Å². The van der Waals surface area contributed by atoms with Crippen molar-refractivity contribution in [2.75, 3.05) is 39.5 Å². The third kappa shape index (κ3) is 10.6. The van der Waals surface area contributed by atoms with Gasteiger partial charge in [0.05, 0.1) is 30.3 Å². The molecule has 12 heteroatoms. The minimum Gasteiger partial charge on any atom is -0.493 e. The Morgan fingerprint density at radius 2 is 1.68 bits per heavy atom. The SMILES string of the molecule is Cc1c(COc2cc(OCc3cncc(C#N)c3)c(CN=C(CO)C(=O)O)cc2Cl)cccc1-c1cccc(OCCCN2CCC(CO)CC2)c1C. The first-order valence-corrected chi connectivity index (χ1v) is 18.0. The molecule has 0 radical (unpaired) electrons.